The van der Waals surface area contributed by atoms with Crippen molar-refractivity contribution < 1.29 is 20.1 Å². The normalized spacial score (nSPS) is 19.2. The van der Waals surface area contributed by atoms with Crippen molar-refractivity contribution in [3.05, 3.63) is 42.9 Å². The van der Waals surface area contributed by atoms with Gasteiger partial charge in [-0.15, -0.1) is 0 Å². The van der Waals surface area contributed by atoms with Gasteiger partial charge in [0, 0.05) is 38.9 Å². The summed E-state index contributed by atoms with van der Waals surface area (Å²) in [5.41, 5.74) is 1.34. The minimum Gasteiger partial charge on any atom is -0.693 e. The zero-order valence-electron chi connectivity index (χ0n) is 9.77. The molecule has 2 rings (SSSR count). The van der Waals surface area contributed by atoms with Gasteiger partial charge in [-0.25, -0.2) is 0 Å². The van der Waals surface area contributed by atoms with Crippen LogP contribution < -0.4 is 4.90 Å². The summed E-state index contributed by atoms with van der Waals surface area (Å²) in [7, 11) is 2.21. The molecular weight excluding hydrogens is 282 g/mol. The first-order valence-electron chi connectivity index (χ1n) is 5.47. The van der Waals surface area contributed by atoms with Crippen molar-refractivity contribution in [1.82, 2.24) is 0 Å². The molecule has 1 fully saturated rings. The van der Waals surface area contributed by atoms with Crippen LogP contribution in [0.3, 0.4) is 0 Å². The van der Waals surface area contributed by atoms with Crippen LogP contribution in [0.4, 0.5) is 5.69 Å². The van der Waals surface area contributed by atoms with E-state index < -0.39 is 0 Å². The molecule has 0 aliphatic heterocycles. The molecular formula is C13H20N2Tc-2. The third-order valence-electron chi connectivity index (χ3n) is 3.10. The molecule has 2 N–H and O–H groups in total. The van der Waals surface area contributed by atoms with Crippen LogP contribution in [-0.2, 0) is 20.1 Å². The summed E-state index contributed by atoms with van der Waals surface area (Å²) in [6, 6.07) is 11.4. The van der Waals surface area contributed by atoms with Crippen LogP contribution in [0.15, 0.2) is 30.3 Å². The molecule has 91 valence electrons. The molecule has 3 heteroatoms. The smallest absolute Gasteiger partial charge is 0.0365 e. The Hall–Kier alpha value is -0.371. The molecule has 1 aliphatic rings. The van der Waals surface area contributed by atoms with Crippen molar-refractivity contribution in [1.29, 1.82) is 0 Å². The third-order valence-corrected chi connectivity index (χ3v) is 3.10. The van der Waals surface area contributed by atoms with Gasteiger partial charge >= 0.3 is 0 Å². The third kappa shape index (κ3) is 3.89. The van der Waals surface area contributed by atoms with Crippen molar-refractivity contribution in [3.63, 3.8) is 0 Å². The fourth-order valence-corrected chi connectivity index (χ4v) is 2.15. The molecule has 1 radical (unpaired) electrons. The average Bonchev–Trinajstić information content (AvgIpc) is 2.30. The van der Waals surface area contributed by atoms with Gasteiger partial charge in [0.15, 0.2) is 0 Å². The number of hydrogen-bond acceptors (Lipinski definition) is 1. The topological polar surface area (TPSA) is 36.7 Å². The van der Waals surface area contributed by atoms with E-state index >= 15 is 0 Å². The van der Waals surface area contributed by atoms with Gasteiger partial charge in [0.05, 0.1) is 0 Å². The summed E-state index contributed by atoms with van der Waals surface area (Å²) in [5.74, 6) is 0. The first kappa shape index (κ1) is 15.6. The Bertz CT molecular complexity index is 271. The maximum absolute atomic E-state index is 2.42. The van der Waals surface area contributed by atoms with E-state index in [-0.39, 0.29) is 26.3 Å². The zero-order valence-corrected chi connectivity index (χ0v) is 11.6. The van der Waals surface area contributed by atoms with Crippen LogP contribution >= 0.6 is 0 Å². The Morgan fingerprint density at radius 3 is 2.50 bits per heavy atom. The van der Waals surface area contributed by atoms with Gasteiger partial charge in [0.25, 0.3) is 0 Å². The van der Waals surface area contributed by atoms with E-state index in [1.165, 1.54) is 31.4 Å². The number of nitrogens with zero attached hydrogens (tertiary/aromatic N) is 1. The van der Waals surface area contributed by atoms with E-state index in [1.54, 1.807) is 0 Å². The fraction of sp³-hybridized carbons (Fsp3) is 0.462. The Balaban J connectivity index is 0.00000112. The second-order valence-corrected chi connectivity index (χ2v) is 4.06. The molecule has 0 amide bonds. The summed E-state index contributed by atoms with van der Waals surface area (Å²) >= 11 is 0. The number of rotatable bonds is 2. The number of benzene rings is 1. The average molecular weight is 302 g/mol. The van der Waals surface area contributed by atoms with E-state index in [9.17, 15) is 0 Å². The van der Waals surface area contributed by atoms with Crippen LogP contribution in [0.2, 0.25) is 0 Å². The maximum atomic E-state index is 2.42. The van der Waals surface area contributed by atoms with Crippen molar-refractivity contribution in [2.45, 2.75) is 31.7 Å². The van der Waals surface area contributed by atoms with Crippen LogP contribution in [0.5, 0.6) is 0 Å². The minimum atomic E-state index is 0. The SMILES string of the molecule is CN(c1ccccc1)C1C[CH-]CCC1.[NH2-].[Tc]. The molecule has 1 aliphatic carbocycles. The van der Waals surface area contributed by atoms with Gasteiger partial charge in [0.1, 0.15) is 0 Å². The van der Waals surface area contributed by atoms with Crippen molar-refractivity contribution in [2.24, 2.45) is 0 Å². The molecule has 2 nitrogen and oxygen atoms in total. The van der Waals surface area contributed by atoms with Gasteiger partial charge in [-0.1, -0.05) is 24.6 Å². The van der Waals surface area contributed by atoms with Crippen molar-refractivity contribution in [3.8, 4) is 0 Å². The molecule has 1 atom stereocenters. The van der Waals surface area contributed by atoms with Gasteiger partial charge in [-0.3, -0.25) is 0 Å². The fourth-order valence-electron chi connectivity index (χ4n) is 2.15. The Morgan fingerprint density at radius 2 is 1.94 bits per heavy atom. The van der Waals surface area contributed by atoms with Gasteiger partial charge < -0.3 is 17.5 Å². The monoisotopic (exact) mass is 301 g/mol. The largest absolute Gasteiger partial charge is 0.693 e. The second-order valence-electron chi connectivity index (χ2n) is 4.06. The van der Waals surface area contributed by atoms with Gasteiger partial charge in [-0.2, -0.15) is 12.8 Å². The van der Waals surface area contributed by atoms with E-state index in [2.05, 4.69) is 48.7 Å². The van der Waals surface area contributed by atoms with E-state index in [4.69, 9.17) is 0 Å². The summed E-state index contributed by atoms with van der Waals surface area (Å²) in [4.78, 5) is 2.41. The number of hydrogen-bond donors (Lipinski definition) is 0. The molecule has 0 aromatic heterocycles. The Kier molecular flexibility index (Phi) is 7.65. The second kappa shape index (κ2) is 7.83. The predicted molar refractivity (Wildman–Crippen MR) is 66.7 cm³/mol. The van der Waals surface area contributed by atoms with E-state index in [1.807, 2.05) is 0 Å². The predicted octanol–water partition coefficient (Wildman–Crippen LogP) is 3.98. The summed E-state index contributed by atoms with van der Waals surface area (Å²) < 4.78 is 0. The van der Waals surface area contributed by atoms with E-state index in [0.29, 0.717) is 6.04 Å². The standard InChI is InChI=1S/C13H18N.H2N.Tc/c1-14(12-8-4-2-5-9-12)13-10-6-3-7-11-13;;/h2,4-6,8-9,13H,3,7,10-11H2,1H3;1H2;/q2*-1;. The molecule has 0 spiro atoms. The van der Waals surface area contributed by atoms with Crippen LogP contribution in [0.25, 0.3) is 6.15 Å². The first-order chi connectivity index (χ1) is 6.88. The van der Waals surface area contributed by atoms with Crippen molar-refractivity contribution in [2.75, 3.05) is 11.9 Å². The van der Waals surface area contributed by atoms with Crippen molar-refractivity contribution >= 4 is 5.69 Å². The van der Waals surface area contributed by atoms with E-state index in [0.717, 1.165) is 0 Å². The summed E-state index contributed by atoms with van der Waals surface area (Å²) in [6.45, 7) is 0. The maximum Gasteiger partial charge on any atom is 0.0365 e. The summed E-state index contributed by atoms with van der Waals surface area (Å²) in [6.07, 6.45) is 7.65. The van der Waals surface area contributed by atoms with Gasteiger partial charge in [0.2, 0.25) is 0 Å². The molecule has 1 saturated carbocycles. The molecule has 0 bridgehead atoms. The van der Waals surface area contributed by atoms with Crippen LogP contribution in [0.1, 0.15) is 25.7 Å². The molecule has 1 aromatic rings. The molecule has 1 unspecified atom stereocenters. The number of nitrogens with two attached hydrogens (primary N) is 1. The zero-order chi connectivity index (χ0) is 9.80. The molecule has 1 aromatic carbocycles. The first-order valence-corrected chi connectivity index (χ1v) is 5.47. The Morgan fingerprint density at radius 1 is 1.25 bits per heavy atom. The molecule has 16 heavy (non-hydrogen) atoms. The Labute approximate surface area is 112 Å². The number of para-hydroxylation sites is 1. The minimum absolute atomic E-state index is 0. The van der Waals surface area contributed by atoms with Crippen LogP contribution in [-0.4, -0.2) is 13.1 Å². The summed E-state index contributed by atoms with van der Waals surface area (Å²) in [5, 5.41) is 0. The molecule has 0 saturated heterocycles. The van der Waals surface area contributed by atoms with Gasteiger partial charge in [-0.05, 0) is 18.6 Å². The molecule has 0 heterocycles. The quantitative estimate of drug-likeness (QED) is 0.761. The number of anilines is 1. The van der Waals surface area contributed by atoms with Crippen LogP contribution in [0, 0.1) is 6.42 Å².